The average Bonchev–Trinajstić information content (AvgIpc) is 3.14. The van der Waals surface area contributed by atoms with Gasteiger partial charge < -0.3 is 20.0 Å². The molecule has 178 valence electrons. The molecule has 4 heterocycles. The number of hydrogen-bond donors (Lipinski definition) is 1. The van der Waals surface area contributed by atoms with Gasteiger partial charge in [0.2, 0.25) is 11.9 Å². The highest BCUT2D eigenvalue weighted by Gasteiger charge is 2.24. The van der Waals surface area contributed by atoms with Crippen molar-refractivity contribution in [2.75, 3.05) is 60.9 Å². The fourth-order valence-corrected chi connectivity index (χ4v) is 4.63. The summed E-state index contributed by atoms with van der Waals surface area (Å²) in [6.07, 6.45) is 11.0. The lowest BCUT2D eigenvalue weighted by Gasteiger charge is -2.33. The fraction of sp³-hybridized carbons (Fsp3) is 0.625. The van der Waals surface area contributed by atoms with E-state index in [0.717, 1.165) is 95.5 Å². The number of rotatable bonds is 8. The largest absolute Gasteiger partial charge is 0.370 e. The molecule has 2 fully saturated rings. The highest BCUT2D eigenvalue weighted by atomic mass is 16.2. The van der Waals surface area contributed by atoms with Gasteiger partial charge in [0.15, 0.2) is 0 Å². The molecule has 0 bridgehead atoms. The summed E-state index contributed by atoms with van der Waals surface area (Å²) >= 11 is 0. The van der Waals surface area contributed by atoms with Gasteiger partial charge in [0.05, 0.1) is 0 Å². The summed E-state index contributed by atoms with van der Waals surface area (Å²) in [7, 11) is 0. The van der Waals surface area contributed by atoms with Crippen LogP contribution in [0.15, 0.2) is 30.9 Å². The van der Waals surface area contributed by atoms with Crippen molar-refractivity contribution in [1.29, 1.82) is 0 Å². The first-order chi connectivity index (χ1) is 16.2. The van der Waals surface area contributed by atoms with E-state index >= 15 is 0 Å². The second kappa shape index (κ2) is 11.8. The van der Waals surface area contributed by atoms with E-state index in [9.17, 15) is 4.79 Å². The standard InChI is InChI=1S/C24H36N8O/c1-2-9-25-21-18-22(29-19-28-21)30-14-7-20(8-15-30)5-6-23(33)31-12-4-13-32(17-16-31)24-26-10-3-11-27-24/h3,10-11,18-20H,2,4-9,12-17H2,1H3,(H,25,28,29). The van der Waals surface area contributed by atoms with Crippen molar-refractivity contribution in [3.05, 3.63) is 30.9 Å². The van der Waals surface area contributed by atoms with Crippen molar-refractivity contribution < 1.29 is 4.79 Å². The Morgan fingerprint density at radius 1 is 1.00 bits per heavy atom. The lowest BCUT2D eigenvalue weighted by atomic mass is 9.92. The molecule has 2 aromatic rings. The van der Waals surface area contributed by atoms with Gasteiger partial charge in [-0.2, -0.15) is 0 Å². The number of aromatic nitrogens is 4. The predicted molar refractivity (Wildman–Crippen MR) is 130 cm³/mol. The quantitative estimate of drug-likeness (QED) is 0.654. The Bertz CT molecular complexity index is 872. The Morgan fingerprint density at radius 3 is 2.61 bits per heavy atom. The average molecular weight is 453 g/mol. The Kier molecular flexibility index (Phi) is 8.27. The molecule has 0 unspecified atom stereocenters. The molecule has 9 nitrogen and oxygen atoms in total. The van der Waals surface area contributed by atoms with Crippen LogP contribution in [0.3, 0.4) is 0 Å². The monoisotopic (exact) mass is 452 g/mol. The van der Waals surface area contributed by atoms with Crippen molar-refractivity contribution in [2.24, 2.45) is 5.92 Å². The van der Waals surface area contributed by atoms with Crippen molar-refractivity contribution in [3.63, 3.8) is 0 Å². The maximum Gasteiger partial charge on any atom is 0.225 e. The van der Waals surface area contributed by atoms with Gasteiger partial charge in [-0.1, -0.05) is 6.92 Å². The van der Waals surface area contributed by atoms with Crippen LogP contribution in [0.1, 0.15) is 45.4 Å². The van der Waals surface area contributed by atoms with Crippen molar-refractivity contribution in [2.45, 2.75) is 45.4 Å². The fourth-order valence-electron chi connectivity index (χ4n) is 4.63. The van der Waals surface area contributed by atoms with Gasteiger partial charge in [0, 0.05) is 70.7 Å². The van der Waals surface area contributed by atoms with Crippen molar-refractivity contribution in [1.82, 2.24) is 24.8 Å². The van der Waals surface area contributed by atoms with Gasteiger partial charge in [-0.15, -0.1) is 0 Å². The molecule has 0 spiro atoms. The van der Waals surface area contributed by atoms with Crippen LogP contribution in [-0.2, 0) is 4.79 Å². The first-order valence-electron chi connectivity index (χ1n) is 12.3. The summed E-state index contributed by atoms with van der Waals surface area (Å²) in [5, 5.41) is 3.33. The molecular weight excluding hydrogens is 416 g/mol. The number of carbonyl (C=O) groups excluding carboxylic acids is 1. The minimum atomic E-state index is 0.288. The Hall–Kier alpha value is -2.97. The summed E-state index contributed by atoms with van der Waals surface area (Å²) in [4.78, 5) is 36.9. The number of hydrogen-bond acceptors (Lipinski definition) is 8. The minimum Gasteiger partial charge on any atom is -0.370 e. The first kappa shape index (κ1) is 23.2. The van der Waals surface area contributed by atoms with Gasteiger partial charge in [-0.25, -0.2) is 19.9 Å². The number of nitrogens with zero attached hydrogens (tertiary/aromatic N) is 7. The van der Waals surface area contributed by atoms with E-state index in [1.54, 1.807) is 18.7 Å². The van der Waals surface area contributed by atoms with Crippen molar-refractivity contribution in [3.8, 4) is 0 Å². The van der Waals surface area contributed by atoms with Crippen LogP contribution >= 0.6 is 0 Å². The van der Waals surface area contributed by atoms with E-state index in [0.29, 0.717) is 12.3 Å². The molecule has 1 amide bonds. The van der Waals surface area contributed by atoms with E-state index in [1.807, 2.05) is 17.0 Å². The highest BCUT2D eigenvalue weighted by Crippen LogP contribution is 2.26. The zero-order chi connectivity index (χ0) is 22.9. The SMILES string of the molecule is CCCNc1cc(N2CCC(CCC(=O)N3CCCN(c4ncccn4)CC3)CC2)ncn1. The number of carbonyl (C=O) groups is 1. The zero-order valence-corrected chi connectivity index (χ0v) is 19.7. The predicted octanol–water partition coefficient (Wildman–Crippen LogP) is 2.82. The zero-order valence-electron chi connectivity index (χ0n) is 19.7. The molecule has 2 aromatic heterocycles. The van der Waals surface area contributed by atoms with E-state index in [4.69, 9.17) is 0 Å². The number of amides is 1. The van der Waals surface area contributed by atoms with Gasteiger partial charge in [0.1, 0.15) is 18.0 Å². The molecular formula is C24H36N8O. The molecule has 1 N–H and O–H groups in total. The third kappa shape index (κ3) is 6.52. The number of anilines is 3. The maximum absolute atomic E-state index is 12.9. The second-order valence-corrected chi connectivity index (χ2v) is 8.93. The van der Waals surface area contributed by atoms with Crippen LogP contribution in [0.25, 0.3) is 0 Å². The molecule has 0 saturated carbocycles. The van der Waals surface area contributed by atoms with Gasteiger partial charge in [-0.3, -0.25) is 4.79 Å². The summed E-state index contributed by atoms with van der Waals surface area (Å²) in [5.74, 6) is 3.54. The van der Waals surface area contributed by atoms with Crippen LogP contribution in [-0.4, -0.2) is 76.6 Å². The molecule has 2 aliphatic heterocycles. The number of nitrogens with one attached hydrogen (secondary N) is 1. The topological polar surface area (TPSA) is 90.4 Å². The third-order valence-corrected chi connectivity index (χ3v) is 6.60. The highest BCUT2D eigenvalue weighted by molar-refractivity contribution is 5.76. The van der Waals surface area contributed by atoms with Crippen LogP contribution in [0.5, 0.6) is 0 Å². The molecule has 9 heteroatoms. The Morgan fingerprint density at radius 2 is 1.82 bits per heavy atom. The Labute approximate surface area is 196 Å². The summed E-state index contributed by atoms with van der Waals surface area (Å²) in [6, 6.07) is 3.87. The minimum absolute atomic E-state index is 0.288. The molecule has 2 aliphatic rings. The molecule has 4 rings (SSSR count). The van der Waals surface area contributed by atoms with Crippen LogP contribution in [0.4, 0.5) is 17.6 Å². The van der Waals surface area contributed by atoms with E-state index in [-0.39, 0.29) is 5.91 Å². The smallest absolute Gasteiger partial charge is 0.225 e. The lowest BCUT2D eigenvalue weighted by Crippen LogP contribution is -2.37. The van der Waals surface area contributed by atoms with Crippen LogP contribution < -0.4 is 15.1 Å². The second-order valence-electron chi connectivity index (χ2n) is 8.93. The molecule has 0 aliphatic carbocycles. The van der Waals surface area contributed by atoms with Gasteiger partial charge in [-0.05, 0) is 44.1 Å². The third-order valence-electron chi connectivity index (χ3n) is 6.60. The molecule has 33 heavy (non-hydrogen) atoms. The summed E-state index contributed by atoms with van der Waals surface area (Å²) in [5.41, 5.74) is 0. The molecule has 2 saturated heterocycles. The van der Waals surface area contributed by atoms with Crippen LogP contribution in [0, 0.1) is 5.92 Å². The van der Waals surface area contributed by atoms with Gasteiger partial charge >= 0.3 is 0 Å². The lowest BCUT2D eigenvalue weighted by molar-refractivity contribution is -0.131. The number of piperidine rings is 1. The van der Waals surface area contributed by atoms with E-state index in [2.05, 4.69) is 42.0 Å². The molecule has 0 radical (unpaired) electrons. The summed E-state index contributed by atoms with van der Waals surface area (Å²) < 4.78 is 0. The maximum atomic E-state index is 12.9. The molecule has 0 aromatic carbocycles. The van der Waals surface area contributed by atoms with E-state index < -0.39 is 0 Å². The van der Waals surface area contributed by atoms with E-state index in [1.165, 1.54) is 0 Å². The van der Waals surface area contributed by atoms with Crippen molar-refractivity contribution >= 4 is 23.5 Å². The Balaban J connectivity index is 1.19. The first-order valence-corrected chi connectivity index (χ1v) is 12.3. The van der Waals surface area contributed by atoms with Crippen LogP contribution in [0.2, 0.25) is 0 Å². The normalized spacial score (nSPS) is 17.7. The van der Waals surface area contributed by atoms with Gasteiger partial charge in [0.25, 0.3) is 0 Å². The summed E-state index contributed by atoms with van der Waals surface area (Å²) in [6.45, 7) is 8.29. The molecule has 0 atom stereocenters.